The second-order valence-corrected chi connectivity index (χ2v) is 8.82. The lowest BCUT2D eigenvalue weighted by Crippen LogP contribution is -2.57. The molecule has 0 aliphatic rings. The van der Waals surface area contributed by atoms with E-state index in [0.29, 0.717) is 45.2 Å². The van der Waals surface area contributed by atoms with Gasteiger partial charge in [0.05, 0.1) is 12.5 Å². The Morgan fingerprint density at radius 1 is 0.684 bits per heavy atom. The van der Waals surface area contributed by atoms with Gasteiger partial charge in [-0.2, -0.15) is 0 Å². The number of rotatable bonds is 21. The normalized spacial score (nSPS) is 13.9. The largest absolute Gasteiger partial charge is 0.480 e. The first-order valence-corrected chi connectivity index (χ1v) is 12.6. The molecule has 0 radical (unpaired) electrons. The van der Waals surface area contributed by atoms with Crippen LogP contribution in [0.15, 0.2) is 4.99 Å². The number of hydrogen-bond acceptors (Lipinski definition) is 9. The molecule has 0 heterocycles. The van der Waals surface area contributed by atoms with Gasteiger partial charge in [-0.1, -0.05) is 6.42 Å². The summed E-state index contributed by atoms with van der Waals surface area (Å²) in [5.74, 6) is -4.64. The zero-order valence-corrected chi connectivity index (χ0v) is 21.7. The molecule has 0 bridgehead atoms. The number of aliphatic imine (C=N–C) groups is 1. The van der Waals surface area contributed by atoms with Gasteiger partial charge in [-0.3, -0.25) is 24.2 Å². The van der Waals surface area contributed by atoms with E-state index in [9.17, 15) is 29.1 Å². The summed E-state index contributed by atoms with van der Waals surface area (Å²) >= 11 is 0. The highest BCUT2D eigenvalue weighted by atomic mass is 16.4. The van der Waals surface area contributed by atoms with E-state index in [1.165, 1.54) is 0 Å². The number of unbranched alkanes of at least 4 members (excludes halogenated alkanes) is 2. The van der Waals surface area contributed by atoms with Crippen LogP contribution >= 0.6 is 0 Å². The molecular weight excluding hydrogens is 500 g/mol. The Morgan fingerprint density at radius 3 is 1.71 bits per heavy atom. The van der Waals surface area contributed by atoms with Crippen molar-refractivity contribution in [2.75, 3.05) is 19.6 Å². The number of carbonyl (C=O) groups is 5. The summed E-state index contributed by atoms with van der Waals surface area (Å²) in [7, 11) is 0. The molecule has 0 spiro atoms. The standard InChI is InChI=1S/C22H44N10O6/c23-9-3-1-6-13(25)18(34)30-14(8-5-11-29-22(27)28)19(35)32-16(12-17(26)33)20(36)31-15(21(37)38)7-2-4-10-24/h13-16H,1-12,23-25H2,(H2,26,33)(H,30,34)(H,31,36)(H,32,35)(H,37,38)(H4,27,28,29). The van der Waals surface area contributed by atoms with Crippen LogP contribution in [0, 0.1) is 0 Å². The van der Waals surface area contributed by atoms with Crippen LogP contribution < -0.4 is 50.4 Å². The van der Waals surface area contributed by atoms with E-state index in [1.54, 1.807) is 0 Å². The summed E-state index contributed by atoms with van der Waals surface area (Å²) in [6.45, 7) is 0.968. The van der Waals surface area contributed by atoms with Crippen molar-refractivity contribution in [1.29, 1.82) is 0 Å². The predicted molar refractivity (Wildman–Crippen MR) is 141 cm³/mol. The van der Waals surface area contributed by atoms with Crippen LogP contribution in [0.1, 0.15) is 57.8 Å². The number of aliphatic carboxylic acids is 1. The van der Waals surface area contributed by atoms with Crippen molar-refractivity contribution in [3.63, 3.8) is 0 Å². The van der Waals surface area contributed by atoms with Crippen LogP contribution in [0.3, 0.4) is 0 Å². The molecule has 0 aliphatic carbocycles. The first-order valence-electron chi connectivity index (χ1n) is 12.6. The van der Waals surface area contributed by atoms with Gasteiger partial charge in [0.15, 0.2) is 5.96 Å². The molecule has 0 saturated heterocycles. The number of primary amides is 1. The maximum Gasteiger partial charge on any atom is 0.326 e. The number of hydrogen-bond donors (Lipinski definition) is 10. The van der Waals surface area contributed by atoms with Crippen molar-refractivity contribution < 1.29 is 29.1 Å². The molecular formula is C22H44N10O6. The molecule has 0 rings (SSSR count). The van der Waals surface area contributed by atoms with Gasteiger partial charge in [0, 0.05) is 6.54 Å². The average molecular weight is 545 g/mol. The third-order valence-electron chi connectivity index (χ3n) is 5.48. The van der Waals surface area contributed by atoms with Gasteiger partial charge in [-0.15, -0.1) is 0 Å². The lowest BCUT2D eigenvalue weighted by Gasteiger charge is -2.25. The highest BCUT2D eigenvalue weighted by molar-refractivity contribution is 5.96. The molecule has 0 aromatic carbocycles. The maximum absolute atomic E-state index is 13.1. The molecule has 0 fully saturated rings. The fourth-order valence-corrected chi connectivity index (χ4v) is 3.40. The van der Waals surface area contributed by atoms with Crippen LogP contribution in [0.4, 0.5) is 0 Å². The van der Waals surface area contributed by atoms with E-state index in [1.807, 2.05) is 0 Å². The van der Waals surface area contributed by atoms with Crippen LogP contribution in [-0.4, -0.2) is 84.5 Å². The topological polar surface area (TPSA) is 310 Å². The summed E-state index contributed by atoms with van der Waals surface area (Å²) in [6, 6.07) is -4.79. The fraction of sp³-hybridized carbons (Fsp3) is 0.727. The Morgan fingerprint density at radius 2 is 1.18 bits per heavy atom. The highest BCUT2D eigenvalue weighted by Gasteiger charge is 2.31. The fourth-order valence-electron chi connectivity index (χ4n) is 3.40. The van der Waals surface area contributed by atoms with Crippen LogP contribution in [-0.2, 0) is 24.0 Å². The molecule has 16 N–H and O–H groups in total. The number of carbonyl (C=O) groups excluding carboxylic acids is 4. The van der Waals surface area contributed by atoms with E-state index >= 15 is 0 Å². The van der Waals surface area contributed by atoms with Gasteiger partial charge in [0.2, 0.25) is 23.6 Å². The highest BCUT2D eigenvalue weighted by Crippen LogP contribution is 2.06. The lowest BCUT2D eigenvalue weighted by molar-refractivity contribution is -0.142. The molecule has 4 unspecified atom stereocenters. The van der Waals surface area contributed by atoms with Gasteiger partial charge in [-0.05, 0) is 58.0 Å². The Bertz CT molecular complexity index is 805. The van der Waals surface area contributed by atoms with Gasteiger partial charge < -0.3 is 55.5 Å². The first kappa shape index (κ1) is 34.5. The summed E-state index contributed by atoms with van der Waals surface area (Å²) < 4.78 is 0. The number of carboxylic acid groups (broad SMARTS) is 1. The Balaban J connectivity index is 5.55. The molecule has 16 heteroatoms. The zero-order valence-electron chi connectivity index (χ0n) is 21.7. The summed E-state index contributed by atoms with van der Waals surface area (Å²) in [5, 5.41) is 16.7. The average Bonchev–Trinajstić information content (AvgIpc) is 2.84. The van der Waals surface area contributed by atoms with E-state index in [2.05, 4.69) is 20.9 Å². The van der Waals surface area contributed by atoms with Crippen molar-refractivity contribution in [3.05, 3.63) is 0 Å². The SMILES string of the molecule is NCCCCC(N)C(=O)NC(CCCN=C(N)N)C(=O)NC(CC(N)=O)C(=O)NC(CCCCN)C(=O)O. The van der Waals surface area contributed by atoms with E-state index in [-0.39, 0.29) is 31.8 Å². The third kappa shape index (κ3) is 15.6. The van der Waals surface area contributed by atoms with E-state index in [0.717, 1.165) is 0 Å². The zero-order chi connectivity index (χ0) is 29.1. The van der Waals surface area contributed by atoms with Gasteiger partial charge in [0.1, 0.15) is 18.1 Å². The van der Waals surface area contributed by atoms with Crippen molar-refractivity contribution in [1.82, 2.24) is 16.0 Å². The maximum atomic E-state index is 13.1. The number of nitrogens with zero attached hydrogens (tertiary/aromatic N) is 1. The van der Waals surface area contributed by atoms with Gasteiger partial charge in [0.25, 0.3) is 0 Å². The molecule has 0 aromatic rings. The smallest absolute Gasteiger partial charge is 0.326 e. The van der Waals surface area contributed by atoms with Crippen molar-refractivity contribution in [2.45, 2.75) is 82.0 Å². The Labute approximate surface area is 222 Å². The third-order valence-corrected chi connectivity index (χ3v) is 5.48. The minimum absolute atomic E-state index is 0.0750. The number of carboxylic acids is 1. The Kier molecular flexibility index (Phi) is 17.8. The number of guanidine groups is 1. The molecule has 0 aromatic heterocycles. The molecule has 218 valence electrons. The van der Waals surface area contributed by atoms with E-state index < -0.39 is 60.2 Å². The minimum atomic E-state index is -1.48. The van der Waals surface area contributed by atoms with E-state index in [4.69, 9.17) is 34.4 Å². The van der Waals surface area contributed by atoms with Crippen molar-refractivity contribution >= 4 is 35.6 Å². The molecule has 4 amide bonds. The summed E-state index contributed by atoms with van der Waals surface area (Å²) in [6.07, 6.45) is 2.49. The van der Waals surface area contributed by atoms with Crippen LogP contribution in [0.5, 0.6) is 0 Å². The van der Waals surface area contributed by atoms with Gasteiger partial charge in [-0.25, -0.2) is 4.79 Å². The number of amides is 4. The monoisotopic (exact) mass is 544 g/mol. The Hall–Kier alpha value is -3.50. The number of nitrogens with two attached hydrogens (primary N) is 6. The predicted octanol–water partition coefficient (Wildman–Crippen LogP) is -3.96. The van der Waals surface area contributed by atoms with Crippen LogP contribution in [0.2, 0.25) is 0 Å². The molecule has 0 aliphatic heterocycles. The summed E-state index contributed by atoms with van der Waals surface area (Å²) in [5.41, 5.74) is 32.7. The minimum Gasteiger partial charge on any atom is -0.480 e. The van der Waals surface area contributed by atoms with Gasteiger partial charge >= 0.3 is 5.97 Å². The number of nitrogens with one attached hydrogen (secondary N) is 3. The van der Waals surface area contributed by atoms with Crippen molar-refractivity contribution in [3.8, 4) is 0 Å². The molecule has 4 atom stereocenters. The quantitative estimate of drug-likeness (QED) is 0.0377. The summed E-state index contributed by atoms with van der Waals surface area (Å²) in [4.78, 5) is 65.5. The first-order chi connectivity index (χ1) is 17.9. The van der Waals surface area contributed by atoms with Crippen LogP contribution in [0.25, 0.3) is 0 Å². The molecule has 0 saturated carbocycles. The lowest BCUT2D eigenvalue weighted by atomic mass is 10.1. The molecule has 16 nitrogen and oxygen atoms in total. The molecule has 38 heavy (non-hydrogen) atoms. The van der Waals surface area contributed by atoms with Crippen molar-refractivity contribution in [2.24, 2.45) is 39.4 Å². The second kappa shape index (κ2) is 19.6. The second-order valence-electron chi connectivity index (χ2n) is 8.82.